The van der Waals surface area contributed by atoms with Gasteiger partial charge in [-0.2, -0.15) is 0 Å². The van der Waals surface area contributed by atoms with Gasteiger partial charge in [0.15, 0.2) is 0 Å². The molecule has 0 saturated carbocycles. The second-order valence-electron chi connectivity index (χ2n) is 7.87. The lowest BCUT2D eigenvalue weighted by atomic mass is 9.96. The second-order valence-corrected chi connectivity index (χ2v) is 9.96. The molecule has 0 radical (unpaired) electrons. The zero-order valence-electron chi connectivity index (χ0n) is 17.9. The molecule has 0 atom stereocenters. The summed E-state index contributed by atoms with van der Waals surface area (Å²) in [6.45, 7) is 5.05. The Balaban J connectivity index is 1.56. The van der Waals surface area contributed by atoms with Gasteiger partial charge in [-0.25, -0.2) is 22.7 Å². The lowest BCUT2D eigenvalue weighted by molar-refractivity contribution is 0.260. The summed E-state index contributed by atoms with van der Waals surface area (Å²) < 4.78 is 27.9. The van der Waals surface area contributed by atoms with Crippen LogP contribution in [0.15, 0.2) is 30.9 Å². The number of anilines is 2. The van der Waals surface area contributed by atoms with Crippen LogP contribution in [0.5, 0.6) is 0 Å². The molecular weight excluding hydrogens is 400 g/mol. The molecule has 30 heavy (non-hydrogen) atoms. The SMILES string of the molecule is CCCS(=O)(=O)N1CC(c2cc(CC)c(N(C)c3cc4c(cn3)ncn4C)cn2)C1. The Bertz CT molecular complexity index is 1170. The quantitative estimate of drug-likeness (QED) is 0.575. The predicted molar refractivity (Wildman–Crippen MR) is 119 cm³/mol. The first kappa shape index (κ1) is 20.7. The van der Waals surface area contributed by atoms with Gasteiger partial charge in [-0.1, -0.05) is 13.8 Å². The van der Waals surface area contributed by atoms with Gasteiger partial charge >= 0.3 is 0 Å². The van der Waals surface area contributed by atoms with E-state index in [-0.39, 0.29) is 11.7 Å². The number of aromatic nitrogens is 4. The van der Waals surface area contributed by atoms with Crippen molar-refractivity contribution in [3.63, 3.8) is 0 Å². The van der Waals surface area contributed by atoms with Gasteiger partial charge in [0, 0.05) is 44.9 Å². The largest absolute Gasteiger partial charge is 0.334 e. The lowest BCUT2D eigenvalue weighted by Crippen LogP contribution is -2.49. The molecule has 4 rings (SSSR count). The van der Waals surface area contributed by atoms with Gasteiger partial charge in [0.25, 0.3) is 0 Å². The zero-order valence-corrected chi connectivity index (χ0v) is 18.7. The number of hydrogen-bond acceptors (Lipinski definition) is 6. The van der Waals surface area contributed by atoms with Gasteiger partial charge in [-0.3, -0.25) is 4.98 Å². The van der Waals surface area contributed by atoms with Crippen LogP contribution in [0.1, 0.15) is 37.4 Å². The highest BCUT2D eigenvalue weighted by Gasteiger charge is 2.36. The Hall–Kier alpha value is -2.52. The minimum Gasteiger partial charge on any atom is -0.334 e. The number of nitrogens with zero attached hydrogens (tertiary/aromatic N) is 6. The maximum absolute atomic E-state index is 12.2. The maximum Gasteiger partial charge on any atom is 0.214 e. The molecule has 9 heteroatoms. The van der Waals surface area contributed by atoms with Gasteiger partial charge in [0.2, 0.25) is 10.0 Å². The number of rotatable bonds is 7. The van der Waals surface area contributed by atoms with Gasteiger partial charge < -0.3 is 9.47 Å². The highest BCUT2D eigenvalue weighted by atomic mass is 32.2. The van der Waals surface area contributed by atoms with Crippen molar-refractivity contribution in [3.05, 3.63) is 42.1 Å². The van der Waals surface area contributed by atoms with Crippen molar-refractivity contribution < 1.29 is 8.42 Å². The van der Waals surface area contributed by atoms with E-state index in [9.17, 15) is 8.42 Å². The van der Waals surface area contributed by atoms with E-state index in [0.29, 0.717) is 19.5 Å². The van der Waals surface area contributed by atoms with E-state index in [0.717, 1.165) is 34.7 Å². The number of sulfonamides is 1. The molecule has 0 bridgehead atoms. The van der Waals surface area contributed by atoms with E-state index in [1.807, 2.05) is 42.7 Å². The number of pyridine rings is 2. The molecular formula is C21H28N6O2S. The standard InChI is InChI=1S/C21H28N6O2S/c1-5-7-30(28,29)27-12-16(13-27)17-8-15(6-2)20(11-22-17)26(4)21-9-19-18(10-23-21)24-14-25(19)3/h8-11,14,16H,5-7,12-13H2,1-4H3. The molecule has 1 saturated heterocycles. The van der Waals surface area contributed by atoms with E-state index >= 15 is 0 Å². The first-order chi connectivity index (χ1) is 14.3. The minimum absolute atomic E-state index is 0.158. The number of hydrogen-bond donors (Lipinski definition) is 0. The summed E-state index contributed by atoms with van der Waals surface area (Å²) in [5.41, 5.74) is 5.03. The van der Waals surface area contributed by atoms with Crippen LogP contribution < -0.4 is 4.90 Å². The third-order valence-electron chi connectivity index (χ3n) is 5.79. The van der Waals surface area contributed by atoms with Crippen LogP contribution in [-0.2, 0) is 23.5 Å². The molecule has 160 valence electrons. The van der Waals surface area contributed by atoms with Crippen molar-refractivity contribution in [1.82, 2.24) is 23.8 Å². The van der Waals surface area contributed by atoms with Crippen LogP contribution in [0.25, 0.3) is 11.0 Å². The molecule has 0 aromatic carbocycles. The van der Waals surface area contributed by atoms with Gasteiger partial charge in [-0.05, 0) is 24.5 Å². The van der Waals surface area contributed by atoms with Crippen molar-refractivity contribution >= 4 is 32.6 Å². The van der Waals surface area contributed by atoms with E-state index in [4.69, 9.17) is 0 Å². The van der Waals surface area contributed by atoms with Crippen molar-refractivity contribution in [2.24, 2.45) is 7.05 Å². The first-order valence-electron chi connectivity index (χ1n) is 10.3. The highest BCUT2D eigenvalue weighted by Crippen LogP contribution is 2.33. The van der Waals surface area contributed by atoms with Crippen LogP contribution in [-0.4, -0.2) is 58.1 Å². The summed E-state index contributed by atoms with van der Waals surface area (Å²) in [6, 6.07) is 4.14. The summed E-state index contributed by atoms with van der Waals surface area (Å²) >= 11 is 0. The summed E-state index contributed by atoms with van der Waals surface area (Å²) in [6.07, 6.45) is 6.95. The molecule has 3 aromatic rings. The fourth-order valence-electron chi connectivity index (χ4n) is 3.88. The number of imidazole rings is 1. The molecule has 0 unspecified atom stereocenters. The highest BCUT2D eigenvalue weighted by molar-refractivity contribution is 7.89. The van der Waals surface area contributed by atoms with Crippen molar-refractivity contribution in [3.8, 4) is 0 Å². The summed E-state index contributed by atoms with van der Waals surface area (Å²) in [5, 5.41) is 0. The topological polar surface area (TPSA) is 84.2 Å². The van der Waals surface area contributed by atoms with Crippen LogP contribution in [0.3, 0.4) is 0 Å². The predicted octanol–water partition coefficient (Wildman–Crippen LogP) is 2.83. The molecule has 0 N–H and O–H groups in total. The van der Waals surface area contributed by atoms with Crippen molar-refractivity contribution in [1.29, 1.82) is 0 Å². The average molecular weight is 429 g/mol. The lowest BCUT2D eigenvalue weighted by Gasteiger charge is -2.38. The second kappa shape index (κ2) is 7.96. The minimum atomic E-state index is -3.12. The van der Waals surface area contributed by atoms with Crippen molar-refractivity contribution in [2.45, 2.75) is 32.6 Å². The maximum atomic E-state index is 12.2. The van der Waals surface area contributed by atoms with E-state index in [1.54, 1.807) is 16.8 Å². The average Bonchev–Trinajstić information content (AvgIpc) is 3.06. The molecule has 0 amide bonds. The molecule has 8 nitrogen and oxygen atoms in total. The van der Waals surface area contributed by atoms with E-state index in [2.05, 4.69) is 27.9 Å². The summed E-state index contributed by atoms with van der Waals surface area (Å²) in [5.74, 6) is 1.20. The third kappa shape index (κ3) is 3.67. The van der Waals surface area contributed by atoms with E-state index in [1.165, 1.54) is 5.56 Å². The molecule has 3 aromatic heterocycles. The first-order valence-corrected chi connectivity index (χ1v) is 11.9. The van der Waals surface area contributed by atoms with Gasteiger partial charge in [0.1, 0.15) is 11.3 Å². The third-order valence-corrected chi connectivity index (χ3v) is 7.80. The Morgan fingerprint density at radius 2 is 1.90 bits per heavy atom. The molecule has 4 heterocycles. The van der Waals surface area contributed by atoms with Crippen LogP contribution in [0, 0.1) is 0 Å². The van der Waals surface area contributed by atoms with Gasteiger partial charge in [-0.15, -0.1) is 0 Å². The van der Waals surface area contributed by atoms with Crippen LogP contribution in [0.2, 0.25) is 0 Å². The smallest absolute Gasteiger partial charge is 0.214 e. The Labute approximate surface area is 177 Å². The Morgan fingerprint density at radius 1 is 1.13 bits per heavy atom. The van der Waals surface area contributed by atoms with E-state index < -0.39 is 10.0 Å². The number of fused-ring (bicyclic) bond motifs is 1. The molecule has 1 aliphatic heterocycles. The number of aryl methyl sites for hydroxylation is 2. The molecule has 1 aliphatic rings. The van der Waals surface area contributed by atoms with Crippen molar-refractivity contribution in [2.75, 3.05) is 30.8 Å². The molecule has 0 spiro atoms. The zero-order chi connectivity index (χ0) is 21.5. The monoisotopic (exact) mass is 428 g/mol. The van der Waals surface area contributed by atoms with Gasteiger partial charge in [0.05, 0.1) is 35.7 Å². The fraction of sp³-hybridized carbons (Fsp3) is 0.476. The fourth-order valence-corrected chi connectivity index (χ4v) is 5.47. The van der Waals surface area contributed by atoms with Crippen LogP contribution in [0.4, 0.5) is 11.5 Å². The Kier molecular flexibility index (Phi) is 5.50. The van der Waals surface area contributed by atoms with Crippen LogP contribution >= 0.6 is 0 Å². The molecule has 1 fully saturated rings. The summed E-state index contributed by atoms with van der Waals surface area (Å²) in [7, 11) is 0.834. The summed E-state index contributed by atoms with van der Waals surface area (Å²) in [4.78, 5) is 15.6. The molecule has 0 aliphatic carbocycles. The normalized spacial score (nSPS) is 15.5. The Morgan fingerprint density at radius 3 is 2.60 bits per heavy atom.